The van der Waals surface area contributed by atoms with Crippen LogP contribution in [-0.2, 0) is 0 Å². The molecule has 0 saturated heterocycles. The largest absolute Gasteiger partial charge is 0.293 e. The van der Waals surface area contributed by atoms with E-state index in [0.717, 1.165) is 6.07 Å². The van der Waals surface area contributed by atoms with Gasteiger partial charge in [0.25, 0.3) is 0 Å². The van der Waals surface area contributed by atoms with E-state index in [-0.39, 0.29) is 5.56 Å². The van der Waals surface area contributed by atoms with Gasteiger partial charge in [-0.1, -0.05) is 22.0 Å². The molecule has 0 spiro atoms. The third-order valence-electron chi connectivity index (χ3n) is 1.58. The van der Waals surface area contributed by atoms with E-state index in [9.17, 15) is 13.6 Å². The number of hydrogen-bond acceptors (Lipinski definition) is 1. The minimum absolute atomic E-state index is 0.218. The van der Waals surface area contributed by atoms with E-state index < -0.39 is 22.2 Å². The van der Waals surface area contributed by atoms with Crippen LogP contribution < -0.4 is 0 Å². The molecule has 1 atom stereocenters. The zero-order valence-electron chi connectivity index (χ0n) is 6.85. The number of benzene rings is 1. The number of halogens is 3. The van der Waals surface area contributed by atoms with Gasteiger partial charge in [0.15, 0.2) is 17.4 Å². The molecule has 1 aromatic carbocycles. The SMILES string of the molecule is CC(Br)C(=O)c1cccc(F)c1F. The Morgan fingerprint density at radius 3 is 2.62 bits per heavy atom. The van der Waals surface area contributed by atoms with Gasteiger partial charge in [0.2, 0.25) is 0 Å². The van der Waals surface area contributed by atoms with Crippen molar-refractivity contribution in [2.45, 2.75) is 11.8 Å². The van der Waals surface area contributed by atoms with E-state index in [1.807, 2.05) is 0 Å². The quantitative estimate of drug-likeness (QED) is 0.581. The molecule has 0 aromatic heterocycles. The molecule has 1 nitrogen and oxygen atoms in total. The minimum atomic E-state index is -1.08. The van der Waals surface area contributed by atoms with Crippen molar-refractivity contribution < 1.29 is 13.6 Å². The van der Waals surface area contributed by atoms with Crippen molar-refractivity contribution in [3.8, 4) is 0 Å². The molecule has 0 saturated carbocycles. The number of carbonyl (C=O) groups excluding carboxylic acids is 1. The summed E-state index contributed by atoms with van der Waals surface area (Å²) in [4.78, 5) is 10.8. The summed E-state index contributed by atoms with van der Waals surface area (Å²) in [6.45, 7) is 1.56. The fourth-order valence-corrected chi connectivity index (χ4v) is 1.15. The molecule has 0 amide bonds. The third-order valence-corrected chi connectivity index (χ3v) is 1.99. The molecule has 0 fully saturated rings. The second-order valence-electron chi connectivity index (χ2n) is 2.58. The molecular formula is C9H7BrF2O. The first-order chi connectivity index (χ1) is 6.04. The highest BCUT2D eigenvalue weighted by molar-refractivity contribution is 9.10. The van der Waals surface area contributed by atoms with Crippen LogP contribution in [0.3, 0.4) is 0 Å². The van der Waals surface area contributed by atoms with Gasteiger partial charge < -0.3 is 0 Å². The number of ketones is 1. The number of Topliss-reactive ketones (excluding diaryl/α,β-unsaturated/α-hetero) is 1. The normalized spacial score (nSPS) is 12.6. The molecule has 0 bridgehead atoms. The van der Waals surface area contributed by atoms with Crippen molar-refractivity contribution in [2.75, 3.05) is 0 Å². The first-order valence-electron chi connectivity index (χ1n) is 3.66. The number of hydrogen-bond donors (Lipinski definition) is 0. The molecule has 1 unspecified atom stereocenters. The average molecular weight is 249 g/mol. The lowest BCUT2D eigenvalue weighted by Crippen LogP contribution is -2.12. The summed E-state index contributed by atoms with van der Waals surface area (Å²) >= 11 is 3.00. The summed E-state index contributed by atoms with van der Waals surface area (Å²) in [6.07, 6.45) is 0. The fourth-order valence-electron chi connectivity index (χ4n) is 0.908. The molecule has 0 N–H and O–H groups in total. The van der Waals surface area contributed by atoms with Crippen LogP contribution in [0, 0.1) is 11.6 Å². The third kappa shape index (κ3) is 2.12. The molecule has 70 valence electrons. The molecule has 0 aliphatic heterocycles. The van der Waals surface area contributed by atoms with Crippen molar-refractivity contribution in [3.05, 3.63) is 35.4 Å². The summed E-state index contributed by atoms with van der Waals surface area (Å²) in [5.41, 5.74) is -0.218. The van der Waals surface area contributed by atoms with Crippen molar-refractivity contribution in [2.24, 2.45) is 0 Å². The van der Waals surface area contributed by atoms with Crippen LogP contribution in [0.5, 0.6) is 0 Å². The molecule has 0 heterocycles. The van der Waals surface area contributed by atoms with E-state index in [1.54, 1.807) is 6.92 Å². The summed E-state index contributed by atoms with van der Waals surface area (Å²) < 4.78 is 25.7. The summed E-state index contributed by atoms with van der Waals surface area (Å²) in [5, 5.41) is 0. The molecule has 0 aliphatic rings. The Hall–Kier alpha value is -0.770. The van der Waals surface area contributed by atoms with E-state index in [2.05, 4.69) is 15.9 Å². The molecule has 1 rings (SSSR count). The number of alkyl halides is 1. The highest BCUT2D eigenvalue weighted by Gasteiger charge is 2.18. The second-order valence-corrected chi connectivity index (χ2v) is 3.96. The van der Waals surface area contributed by atoms with Gasteiger partial charge in [-0.25, -0.2) is 8.78 Å². The Bertz CT molecular complexity index is 336. The highest BCUT2D eigenvalue weighted by atomic mass is 79.9. The number of rotatable bonds is 2. The van der Waals surface area contributed by atoms with Crippen molar-refractivity contribution in [1.29, 1.82) is 0 Å². The zero-order valence-corrected chi connectivity index (χ0v) is 8.44. The lowest BCUT2D eigenvalue weighted by Gasteiger charge is -2.03. The molecule has 0 aliphatic carbocycles. The van der Waals surface area contributed by atoms with Crippen molar-refractivity contribution in [1.82, 2.24) is 0 Å². The Balaban J connectivity index is 3.15. The fraction of sp³-hybridized carbons (Fsp3) is 0.222. The van der Waals surface area contributed by atoms with Crippen molar-refractivity contribution >= 4 is 21.7 Å². The number of carbonyl (C=O) groups is 1. The van der Waals surface area contributed by atoms with Gasteiger partial charge in [0, 0.05) is 0 Å². The van der Waals surface area contributed by atoms with E-state index in [0.29, 0.717) is 0 Å². The van der Waals surface area contributed by atoms with Crippen molar-refractivity contribution in [3.63, 3.8) is 0 Å². The lowest BCUT2D eigenvalue weighted by atomic mass is 10.1. The summed E-state index contributed by atoms with van der Waals surface area (Å²) in [6, 6.07) is 3.55. The summed E-state index contributed by atoms with van der Waals surface area (Å²) in [5.74, 6) is -2.55. The van der Waals surface area contributed by atoms with Gasteiger partial charge in [0.05, 0.1) is 10.4 Å². The molecule has 1 aromatic rings. The molecule has 0 radical (unpaired) electrons. The Kier molecular flexibility index (Phi) is 3.14. The monoisotopic (exact) mass is 248 g/mol. The molecular weight excluding hydrogens is 242 g/mol. The maximum atomic E-state index is 13.0. The van der Waals surface area contributed by atoms with Gasteiger partial charge in [-0.3, -0.25) is 4.79 Å². The first-order valence-corrected chi connectivity index (χ1v) is 4.58. The Morgan fingerprint density at radius 2 is 2.08 bits per heavy atom. The van der Waals surface area contributed by atoms with E-state index in [1.165, 1.54) is 12.1 Å². The van der Waals surface area contributed by atoms with Crippen LogP contribution in [0.15, 0.2) is 18.2 Å². The topological polar surface area (TPSA) is 17.1 Å². The van der Waals surface area contributed by atoms with Crippen LogP contribution in [-0.4, -0.2) is 10.6 Å². The standard InChI is InChI=1S/C9H7BrF2O/c1-5(10)9(13)6-3-2-4-7(11)8(6)12/h2-5H,1H3. The van der Waals surface area contributed by atoms with E-state index in [4.69, 9.17) is 0 Å². The van der Waals surface area contributed by atoms with Crippen LogP contribution >= 0.6 is 15.9 Å². The van der Waals surface area contributed by atoms with Crippen LogP contribution in [0.4, 0.5) is 8.78 Å². The Morgan fingerprint density at radius 1 is 1.46 bits per heavy atom. The van der Waals surface area contributed by atoms with Gasteiger partial charge in [0.1, 0.15) is 0 Å². The average Bonchev–Trinajstić information content (AvgIpc) is 2.08. The first kappa shape index (κ1) is 10.3. The summed E-state index contributed by atoms with van der Waals surface area (Å²) in [7, 11) is 0. The smallest absolute Gasteiger partial charge is 0.179 e. The zero-order chi connectivity index (χ0) is 10.0. The molecule has 13 heavy (non-hydrogen) atoms. The van der Waals surface area contributed by atoms with Gasteiger partial charge in [-0.2, -0.15) is 0 Å². The predicted octanol–water partition coefficient (Wildman–Crippen LogP) is 2.93. The van der Waals surface area contributed by atoms with Gasteiger partial charge in [-0.05, 0) is 19.1 Å². The second kappa shape index (κ2) is 3.96. The maximum Gasteiger partial charge on any atom is 0.179 e. The van der Waals surface area contributed by atoms with Gasteiger partial charge in [-0.15, -0.1) is 0 Å². The highest BCUT2D eigenvalue weighted by Crippen LogP contribution is 2.15. The molecule has 4 heteroatoms. The Labute approximate surface area is 82.9 Å². The van der Waals surface area contributed by atoms with Crippen LogP contribution in [0.25, 0.3) is 0 Å². The van der Waals surface area contributed by atoms with E-state index >= 15 is 0 Å². The van der Waals surface area contributed by atoms with Crippen LogP contribution in [0.2, 0.25) is 0 Å². The lowest BCUT2D eigenvalue weighted by molar-refractivity contribution is 0.0991. The van der Waals surface area contributed by atoms with Gasteiger partial charge >= 0.3 is 0 Å². The van der Waals surface area contributed by atoms with Crippen LogP contribution in [0.1, 0.15) is 17.3 Å². The predicted molar refractivity (Wildman–Crippen MR) is 49.1 cm³/mol. The maximum absolute atomic E-state index is 13.0. The minimum Gasteiger partial charge on any atom is -0.293 e.